The van der Waals surface area contributed by atoms with Crippen molar-refractivity contribution in [2.24, 2.45) is 17.2 Å². The average Bonchev–Trinajstić information content (AvgIpc) is 3.18. The van der Waals surface area contributed by atoms with Crippen molar-refractivity contribution in [1.82, 2.24) is 15.5 Å². The minimum atomic E-state index is -1.22. The van der Waals surface area contributed by atoms with Crippen molar-refractivity contribution in [3.63, 3.8) is 0 Å². The number of carbonyl (C=O) groups excluding carboxylic acids is 5. The minimum absolute atomic E-state index is 0.0281. The molecule has 0 aromatic heterocycles. The van der Waals surface area contributed by atoms with Gasteiger partial charge in [0.2, 0.25) is 29.5 Å². The second kappa shape index (κ2) is 11.8. The lowest BCUT2D eigenvalue weighted by Gasteiger charge is -2.29. The maximum absolute atomic E-state index is 13.1. The lowest BCUT2D eigenvalue weighted by Crippen LogP contribution is -2.56. The van der Waals surface area contributed by atoms with Crippen LogP contribution in [0.15, 0.2) is 0 Å². The van der Waals surface area contributed by atoms with Crippen LogP contribution >= 0.6 is 0 Å². The van der Waals surface area contributed by atoms with Crippen molar-refractivity contribution in [1.29, 1.82) is 0 Å². The molecule has 174 valence electrons. The van der Waals surface area contributed by atoms with Crippen LogP contribution in [0.5, 0.6) is 0 Å². The Hall–Kier alpha value is -3.22. The number of nitrogens with two attached hydrogens (primary N) is 3. The molecular weight excluding hydrogens is 412 g/mol. The SMILES string of the molecule is CC(NC(=O)C1CCCN1C(=O)C(CCC(N)=O)NC(=O)C(N)CCC(N)=O)C(=O)O. The first-order valence-electron chi connectivity index (χ1n) is 9.90. The quantitative estimate of drug-likeness (QED) is 0.181. The Morgan fingerprint density at radius 1 is 1.03 bits per heavy atom. The maximum atomic E-state index is 13.1. The molecule has 5 amide bonds. The van der Waals surface area contributed by atoms with E-state index in [-0.39, 0.29) is 32.2 Å². The molecule has 13 nitrogen and oxygen atoms in total. The molecule has 1 aliphatic heterocycles. The molecule has 1 heterocycles. The van der Waals surface area contributed by atoms with E-state index in [1.54, 1.807) is 0 Å². The molecule has 4 unspecified atom stereocenters. The van der Waals surface area contributed by atoms with Crippen molar-refractivity contribution in [2.45, 2.75) is 69.6 Å². The molecule has 0 saturated carbocycles. The largest absolute Gasteiger partial charge is 0.480 e. The summed E-state index contributed by atoms with van der Waals surface area (Å²) in [5.74, 6) is -4.50. The van der Waals surface area contributed by atoms with Crippen LogP contribution in [0.4, 0.5) is 0 Å². The highest BCUT2D eigenvalue weighted by Crippen LogP contribution is 2.20. The Balaban J connectivity index is 2.91. The molecule has 0 radical (unpaired) electrons. The first-order chi connectivity index (χ1) is 14.4. The normalized spacial score (nSPS) is 18.5. The van der Waals surface area contributed by atoms with Gasteiger partial charge in [0.1, 0.15) is 18.1 Å². The van der Waals surface area contributed by atoms with E-state index in [1.807, 2.05) is 0 Å². The zero-order chi connectivity index (χ0) is 23.7. The summed E-state index contributed by atoms with van der Waals surface area (Å²) in [7, 11) is 0. The molecule has 0 aromatic rings. The first-order valence-corrected chi connectivity index (χ1v) is 9.90. The molecule has 0 aromatic carbocycles. The molecular formula is C18H30N6O7. The van der Waals surface area contributed by atoms with Gasteiger partial charge in [-0.15, -0.1) is 0 Å². The van der Waals surface area contributed by atoms with Gasteiger partial charge in [-0.3, -0.25) is 28.8 Å². The molecule has 1 fully saturated rings. The van der Waals surface area contributed by atoms with E-state index >= 15 is 0 Å². The fraction of sp³-hybridized carbons (Fsp3) is 0.667. The van der Waals surface area contributed by atoms with Gasteiger partial charge in [0.05, 0.1) is 6.04 Å². The van der Waals surface area contributed by atoms with E-state index in [0.29, 0.717) is 12.8 Å². The molecule has 0 aliphatic carbocycles. The summed E-state index contributed by atoms with van der Waals surface area (Å²) in [6.07, 6.45) is 0.357. The van der Waals surface area contributed by atoms with Crippen molar-refractivity contribution >= 4 is 35.5 Å². The number of hydrogen-bond acceptors (Lipinski definition) is 7. The summed E-state index contributed by atoms with van der Waals surface area (Å²) in [5, 5.41) is 13.7. The molecule has 1 aliphatic rings. The van der Waals surface area contributed by atoms with E-state index in [9.17, 15) is 28.8 Å². The van der Waals surface area contributed by atoms with Gasteiger partial charge in [-0.05, 0) is 32.6 Å². The fourth-order valence-electron chi connectivity index (χ4n) is 3.13. The van der Waals surface area contributed by atoms with Crippen molar-refractivity contribution in [2.75, 3.05) is 6.54 Å². The van der Waals surface area contributed by atoms with Gasteiger partial charge < -0.3 is 37.8 Å². The van der Waals surface area contributed by atoms with Crippen LogP contribution in [0.3, 0.4) is 0 Å². The Morgan fingerprint density at radius 3 is 2.16 bits per heavy atom. The highest BCUT2D eigenvalue weighted by atomic mass is 16.4. The van der Waals surface area contributed by atoms with Gasteiger partial charge in [-0.2, -0.15) is 0 Å². The maximum Gasteiger partial charge on any atom is 0.325 e. The number of carboxylic acid groups (broad SMARTS) is 1. The zero-order valence-corrected chi connectivity index (χ0v) is 17.3. The molecule has 0 bridgehead atoms. The second-order valence-electron chi connectivity index (χ2n) is 7.44. The standard InChI is InChI=1S/C18H30N6O7/c1-9(18(30)31)22-16(28)12-3-2-8-24(12)17(29)11(5-7-14(21)26)23-15(27)10(19)4-6-13(20)25/h9-12H,2-8,19H2,1H3,(H2,20,25)(H2,21,26)(H,22,28)(H,23,27)(H,30,31). The topological polar surface area (TPSA) is 228 Å². The number of aliphatic carboxylic acids is 1. The van der Waals surface area contributed by atoms with Crippen LogP contribution in [-0.2, 0) is 28.8 Å². The van der Waals surface area contributed by atoms with Gasteiger partial charge in [0.25, 0.3) is 0 Å². The van der Waals surface area contributed by atoms with E-state index in [2.05, 4.69) is 10.6 Å². The minimum Gasteiger partial charge on any atom is -0.480 e. The van der Waals surface area contributed by atoms with Gasteiger partial charge in [-0.25, -0.2) is 0 Å². The highest BCUT2D eigenvalue weighted by molar-refractivity contribution is 5.94. The molecule has 31 heavy (non-hydrogen) atoms. The summed E-state index contributed by atoms with van der Waals surface area (Å²) < 4.78 is 0. The van der Waals surface area contributed by atoms with Crippen LogP contribution in [0.25, 0.3) is 0 Å². The first kappa shape index (κ1) is 25.8. The summed E-state index contributed by atoms with van der Waals surface area (Å²) >= 11 is 0. The lowest BCUT2D eigenvalue weighted by atomic mass is 10.1. The number of likely N-dealkylation sites (tertiary alicyclic amines) is 1. The number of amides is 5. The van der Waals surface area contributed by atoms with Crippen molar-refractivity contribution in [3.8, 4) is 0 Å². The Morgan fingerprint density at radius 2 is 1.61 bits per heavy atom. The summed E-state index contributed by atoms with van der Waals surface area (Å²) in [4.78, 5) is 72.1. The predicted molar refractivity (Wildman–Crippen MR) is 107 cm³/mol. The van der Waals surface area contributed by atoms with Gasteiger partial charge in [-0.1, -0.05) is 0 Å². The monoisotopic (exact) mass is 442 g/mol. The number of carbonyl (C=O) groups is 6. The third-order valence-electron chi connectivity index (χ3n) is 4.90. The number of primary amides is 2. The Bertz CT molecular complexity index is 728. The van der Waals surface area contributed by atoms with E-state index in [1.165, 1.54) is 11.8 Å². The molecule has 9 N–H and O–H groups in total. The molecule has 1 rings (SSSR count). The van der Waals surface area contributed by atoms with Crippen molar-refractivity contribution in [3.05, 3.63) is 0 Å². The molecule has 4 atom stereocenters. The third-order valence-corrected chi connectivity index (χ3v) is 4.90. The molecule has 1 saturated heterocycles. The van der Waals surface area contributed by atoms with Crippen LogP contribution < -0.4 is 27.8 Å². The van der Waals surface area contributed by atoms with Crippen LogP contribution in [-0.4, -0.2) is 76.2 Å². The molecule has 13 heteroatoms. The Kier molecular flexibility index (Phi) is 9.86. The van der Waals surface area contributed by atoms with Gasteiger partial charge in [0, 0.05) is 19.4 Å². The van der Waals surface area contributed by atoms with Gasteiger partial charge >= 0.3 is 5.97 Å². The van der Waals surface area contributed by atoms with E-state index in [4.69, 9.17) is 22.3 Å². The number of hydrogen-bond donors (Lipinski definition) is 6. The van der Waals surface area contributed by atoms with Crippen LogP contribution in [0, 0.1) is 0 Å². The summed E-state index contributed by atoms with van der Waals surface area (Å²) in [6, 6.07) is -4.33. The summed E-state index contributed by atoms with van der Waals surface area (Å²) in [6.45, 7) is 1.51. The number of carboxylic acids is 1. The average molecular weight is 442 g/mol. The smallest absolute Gasteiger partial charge is 0.325 e. The molecule has 0 spiro atoms. The lowest BCUT2D eigenvalue weighted by molar-refractivity contribution is -0.144. The van der Waals surface area contributed by atoms with Crippen molar-refractivity contribution < 1.29 is 33.9 Å². The summed E-state index contributed by atoms with van der Waals surface area (Å²) in [5.41, 5.74) is 15.9. The Labute approximate surface area is 179 Å². The second-order valence-corrected chi connectivity index (χ2v) is 7.44. The predicted octanol–water partition coefficient (Wildman–Crippen LogP) is -3.09. The number of nitrogens with one attached hydrogen (secondary N) is 2. The van der Waals surface area contributed by atoms with Crippen LogP contribution in [0.2, 0.25) is 0 Å². The third kappa shape index (κ3) is 8.20. The zero-order valence-electron chi connectivity index (χ0n) is 17.3. The van der Waals surface area contributed by atoms with Gasteiger partial charge in [0.15, 0.2) is 0 Å². The van der Waals surface area contributed by atoms with E-state index in [0.717, 1.165) is 0 Å². The van der Waals surface area contributed by atoms with E-state index < -0.39 is 59.7 Å². The highest BCUT2D eigenvalue weighted by Gasteiger charge is 2.38. The van der Waals surface area contributed by atoms with Crippen LogP contribution in [0.1, 0.15) is 45.4 Å². The number of nitrogens with zero attached hydrogens (tertiary/aromatic N) is 1. The fourth-order valence-corrected chi connectivity index (χ4v) is 3.13. The number of rotatable bonds is 12.